The van der Waals surface area contributed by atoms with Gasteiger partial charge in [0.05, 0.1) is 0 Å². The second-order valence-corrected chi connectivity index (χ2v) is 5.66. The number of nitrogens with two attached hydrogens (primary N) is 1. The van der Waals surface area contributed by atoms with E-state index in [0.29, 0.717) is 17.6 Å². The summed E-state index contributed by atoms with van der Waals surface area (Å²) in [6.07, 6.45) is 4.18. The van der Waals surface area contributed by atoms with Crippen molar-refractivity contribution < 1.29 is 14.7 Å². The lowest BCUT2D eigenvalue weighted by Crippen LogP contribution is -2.16. The minimum Gasteiger partial charge on any atom is -0.478 e. The van der Waals surface area contributed by atoms with Crippen LogP contribution in [0.2, 0.25) is 0 Å². The van der Waals surface area contributed by atoms with Gasteiger partial charge in [-0.1, -0.05) is 12.7 Å². The highest BCUT2D eigenvalue weighted by molar-refractivity contribution is 5.91. The van der Waals surface area contributed by atoms with Gasteiger partial charge in [-0.25, -0.2) is 4.79 Å². The lowest BCUT2D eigenvalue weighted by atomic mass is 10.1. The third-order valence-corrected chi connectivity index (χ3v) is 2.80. The Morgan fingerprint density at radius 2 is 1.64 bits per heavy atom. The molecule has 0 aromatic carbocycles. The molecule has 3 N–H and O–H groups in total. The molecule has 0 bridgehead atoms. The molecular weight excluding hydrogens is 282 g/mol. The second-order valence-electron chi connectivity index (χ2n) is 5.66. The molecule has 0 aliphatic rings. The summed E-state index contributed by atoms with van der Waals surface area (Å²) in [5.74, 6) is -1.22. The number of carboxylic acid groups (broad SMARTS) is 1. The molecule has 128 valence electrons. The van der Waals surface area contributed by atoms with Crippen molar-refractivity contribution in [2.45, 2.75) is 26.2 Å². The molecule has 0 aliphatic heterocycles. The molecular formula is C16H31N3O3. The number of carbonyl (C=O) groups excluding carboxylic acids is 1. The molecule has 0 aromatic heterocycles. The summed E-state index contributed by atoms with van der Waals surface area (Å²) in [4.78, 5) is 24.9. The molecule has 0 spiro atoms. The zero-order valence-corrected chi connectivity index (χ0v) is 14.6. The molecule has 0 heterocycles. The Bertz CT molecular complexity index is 388. The van der Waals surface area contributed by atoms with Crippen molar-refractivity contribution >= 4 is 11.9 Å². The van der Waals surface area contributed by atoms with Crippen molar-refractivity contribution in [3.05, 3.63) is 23.8 Å². The maximum atomic E-state index is 10.5. The summed E-state index contributed by atoms with van der Waals surface area (Å²) in [5, 5.41) is 8.47. The van der Waals surface area contributed by atoms with Crippen LogP contribution in [0.15, 0.2) is 23.8 Å². The first-order chi connectivity index (χ1) is 10.1. The van der Waals surface area contributed by atoms with E-state index in [1.54, 1.807) is 13.0 Å². The maximum Gasteiger partial charge on any atom is 0.330 e. The number of hydrogen-bond donors (Lipinski definition) is 2. The van der Waals surface area contributed by atoms with Crippen LogP contribution in [0.3, 0.4) is 0 Å². The highest BCUT2D eigenvalue weighted by Crippen LogP contribution is 2.01. The van der Waals surface area contributed by atoms with E-state index in [-0.39, 0.29) is 5.91 Å². The molecule has 6 nitrogen and oxygen atoms in total. The zero-order valence-electron chi connectivity index (χ0n) is 14.6. The molecule has 0 saturated carbocycles. The number of primary amides is 1. The van der Waals surface area contributed by atoms with Gasteiger partial charge >= 0.3 is 5.97 Å². The smallest absolute Gasteiger partial charge is 0.330 e. The minimum absolute atomic E-state index is 0.385. The highest BCUT2D eigenvalue weighted by atomic mass is 16.4. The Morgan fingerprint density at radius 1 is 1.14 bits per heavy atom. The van der Waals surface area contributed by atoms with Gasteiger partial charge in [0.1, 0.15) is 0 Å². The second kappa shape index (κ2) is 13.0. The largest absolute Gasteiger partial charge is 0.478 e. The molecule has 0 atom stereocenters. The molecule has 0 rings (SSSR count). The van der Waals surface area contributed by atoms with E-state index >= 15 is 0 Å². The third-order valence-electron chi connectivity index (χ3n) is 2.80. The van der Waals surface area contributed by atoms with Crippen molar-refractivity contribution in [3.63, 3.8) is 0 Å². The Kier molecular flexibility index (Phi) is 13.4. The third kappa shape index (κ3) is 16.4. The number of hydrogen-bond acceptors (Lipinski definition) is 4. The summed E-state index contributed by atoms with van der Waals surface area (Å²) in [7, 11) is 7.91. The van der Waals surface area contributed by atoms with Gasteiger partial charge in [0.2, 0.25) is 5.91 Å². The van der Waals surface area contributed by atoms with Crippen LogP contribution in [0.25, 0.3) is 0 Å². The summed E-state index contributed by atoms with van der Waals surface area (Å²) >= 11 is 0. The Balaban J connectivity index is 0. The normalized spacial score (nSPS) is 11.1. The van der Waals surface area contributed by atoms with Crippen molar-refractivity contribution in [2.75, 3.05) is 41.3 Å². The van der Waals surface area contributed by atoms with Gasteiger partial charge in [0, 0.05) is 17.7 Å². The van der Waals surface area contributed by atoms with Crippen molar-refractivity contribution in [1.29, 1.82) is 0 Å². The van der Waals surface area contributed by atoms with Crippen LogP contribution < -0.4 is 5.73 Å². The van der Waals surface area contributed by atoms with Gasteiger partial charge in [-0.2, -0.15) is 0 Å². The van der Waals surface area contributed by atoms with Gasteiger partial charge in [-0.3, -0.25) is 4.79 Å². The maximum absolute atomic E-state index is 10.5. The molecule has 0 aliphatic carbocycles. The molecule has 0 radical (unpaired) electrons. The zero-order chi connectivity index (χ0) is 17.7. The summed E-state index contributed by atoms with van der Waals surface area (Å²) in [5.41, 5.74) is 5.94. The Labute approximate surface area is 134 Å². The molecule has 22 heavy (non-hydrogen) atoms. The highest BCUT2D eigenvalue weighted by Gasteiger charge is 2.00. The van der Waals surface area contributed by atoms with Crippen LogP contribution in [-0.4, -0.2) is 68.1 Å². The van der Waals surface area contributed by atoms with Crippen molar-refractivity contribution in [3.8, 4) is 0 Å². The average Bonchev–Trinajstić information content (AvgIpc) is 2.38. The number of nitrogens with zero attached hydrogens (tertiary/aromatic N) is 2. The predicted octanol–water partition coefficient (Wildman–Crippen LogP) is 1.34. The van der Waals surface area contributed by atoms with E-state index in [0.717, 1.165) is 25.9 Å². The van der Waals surface area contributed by atoms with Crippen molar-refractivity contribution in [1.82, 2.24) is 9.80 Å². The fourth-order valence-corrected chi connectivity index (χ4v) is 1.36. The monoisotopic (exact) mass is 313 g/mol. The predicted molar refractivity (Wildman–Crippen MR) is 90.7 cm³/mol. The first-order valence-corrected chi connectivity index (χ1v) is 7.25. The number of amides is 1. The first kappa shape index (κ1) is 22.6. The van der Waals surface area contributed by atoms with Gasteiger partial charge < -0.3 is 20.6 Å². The van der Waals surface area contributed by atoms with Gasteiger partial charge in [0.25, 0.3) is 0 Å². The summed E-state index contributed by atoms with van der Waals surface area (Å²) in [6, 6.07) is 0. The number of rotatable bonds is 9. The quantitative estimate of drug-likeness (QED) is 0.627. The molecule has 0 unspecified atom stereocenters. The van der Waals surface area contributed by atoms with E-state index in [1.807, 2.05) is 33.1 Å². The van der Waals surface area contributed by atoms with E-state index in [4.69, 9.17) is 10.8 Å². The van der Waals surface area contributed by atoms with Gasteiger partial charge in [0.15, 0.2) is 0 Å². The lowest BCUT2D eigenvalue weighted by molar-refractivity contribution is -0.132. The summed E-state index contributed by atoms with van der Waals surface area (Å²) < 4.78 is 0. The molecule has 6 heteroatoms. The lowest BCUT2D eigenvalue weighted by Gasteiger charge is -2.08. The van der Waals surface area contributed by atoms with E-state index in [2.05, 4.69) is 11.5 Å². The molecule has 0 aromatic rings. The van der Waals surface area contributed by atoms with Crippen LogP contribution in [0.5, 0.6) is 0 Å². The standard InChI is InChI=1S/C8H16N2O.C8H15NO2/c1-7(8(9)11)5-4-6-10(2)3;1-7(8(10)11)5-4-6-9(2)3/h1,4-6H2,2-3H3,(H2,9,11);5H,4,6H2,1-3H3,(H,10,11). The SMILES string of the molecule is C=C(CCCN(C)C)C(N)=O.CC(=CCCN(C)C)C(=O)O. The Hall–Kier alpha value is -1.66. The number of aliphatic carboxylic acids is 1. The molecule has 1 amide bonds. The van der Waals surface area contributed by atoms with E-state index in [9.17, 15) is 9.59 Å². The van der Waals surface area contributed by atoms with Gasteiger partial charge in [-0.05, 0) is 60.9 Å². The first-order valence-electron chi connectivity index (χ1n) is 7.25. The van der Waals surface area contributed by atoms with Gasteiger partial charge in [-0.15, -0.1) is 0 Å². The Morgan fingerprint density at radius 3 is 2.00 bits per heavy atom. The van der Waals surface area contributed by atoms with Crippen LogP contribution in [0.1, 0.15) is 26.2 Å². The fourth-order valence-electron chi connectivity index (χ4n) is 1.36. The van der Waals surface area contributed by atoms with E-state index in [1.165, 1.54) is 0 Å². The summed E-state index contributed by atoms with van der Waals surface area (Å²) in [6.45, 7) is 7.03. The number of carboxylic acids is 1. The van der Waals surface area contributed by atoms with Crippen LogP contribution in [0, 0.1) is 0 Å². The van der Waals surface area contributed by atoms with E-state index < -0.39 is 5.97 Å². The fraction of sp³-hybridized carbons (Fsp3) is 0.625. The average molecular weight is 313 g/mol. The minimum atomic E-state index is -0.830. The van der Waals surface area contributed by atoms with Crippen LogP contribution in [0.4, 0.5) is 0 Å². The number of carbonyl (C=O) groups is 2. The molecule has 0 fully saturated rings. The van der Waals surface area contributed by atoms with Crippen LogP contribution >= 0.6 is 0 Å². The van der Waals surface area contributed by atoms with Crippen molar-refractivity contribution in [2.24, 2.45) is 5.73 Å². The van der Waals surface area contributed by atoms with Crippen LogP contribution in [-0.2, 0) is 9.59 Å². The molecule has 0 saturated heterocycles. The topological polar surface area (TPSA) is 86.9 Å².